The summed E-state index contributed by atoms with van der Waals surface area (Å²) in [4.78, 5) is 2.78. The molecule has 0 saturated carbocycles. The van der Waals surface area contributed by atoms with Gasteiger partial charge in [0.2, 0.25) is 0 Å². The number of alkyl halides is 2. The minimum atomic E-state index is -3.62. The van der Waals surface area contributed by atoms with E-state index in [0.717, 1.165) is 12.8 Å². The van der Waals surface area contributed by atoms with E-state index in [1.807, 2.05) is 6.07 Å². The van der Waals surface area contributed by atoms with Crippen molar-refractivity contribution in [3.63, 3.8) is 0 Å². The maximum atomic E-state index is 13.3. The zero-order valence-electron chi connectivity index (χ0n) is 11.5. The number of hydrogen-bond acceptors (Lipinski definition) is 3. The van der Waals surface area contributed by atoms with E-state index in [1.54, 1.807) is 12.3 Å². The third-order valence-electron chi connectivity index (χ3n) is 3.16. The average molecular weight is 294 g/mol. The number of nitriles is 1. The van der Waals surface area contributed by atoms with Crippen molar-refractivity contribution >= 4 is 0 Å². The zero-order chi connectivity index (χ0) is 15.3. The molecular weight excluding hydrogens is 278 g/mol. The summed E-state index contributed by atoms with van der Waals surface area (Å²) in [5, 5.41) is 8.93. The van der Waals surface area contributed by atoms with Gasteiger partial charge in [-0.1, -0.05) is 6.08 Å². The first-order chi connectivity index (χ1) is 10.1. The number of unbranched alkanes of at least 4 members (excludes halogenated alkanes) is 2. The van der Waals surface area contributed by atoms with E-state index >= 15 is 0 Å². The van der Waals surface area contributed by atoms with Crippen molar-refractivity contribution < 1.29 is 18.3 Å². The number of nitrogens with one attached hydrogen (secondary N) is 1. The van der Waals surface area contributed by atoms with E-state index in [1.165, 1.54) is 6.20 Å². The van der Waals surface area contributed by atoms with Gasteiger partial charge in [-0.2, -0.15) is 5.26 Å². The van der Waals surface area contributed by atoms with E-state index in [9.17, 15) is 8.78 Å². The van der Waals surface area contributed by atoms with Crippen molar-refractivity contribution in [2.45, 2.75) is 38.4 Å². The highest BCUT2D eigenvalue weighted by Crippen LogP contribution is 2.37. The molecule has 0 amide bonds. The first kappa shape index (κ1) is 15.1. The highest BCUT2D eigenvalue weighted by molar-refractivity contribution is 5.37. The monoisotopic (exact) mass is 294 g/mol. The fourth-order valence-corrected chi connectivity index (χ4v) is 2.14. The lowest BCUT2D eigenvalue weighted by Crippen LogP contribution is -2.17. The Labute approximate surface area is 121 Å². The SMILES string of the molecule is C=CCCCCC1=C(Cc2c[nH]cc2C#N)OC(F)(F)O1. The summed E-state index contributed by atoms with van der Waals surface area (Å²) in [7, 11) is 0. The number of allylic oxidation sites excluding steroid dienone is 3. The summed E-state index contributed by atoms with van der Waals surface area (Å²) < 4.78 is 35.7. The summed E-state index contributed by atoms with van der Waals surface area (Å²) in [5.41, 5.74) is 1.02. The van der Waals surface area contributed by atoms with Gasteiger partial charge in [0.1, 0.15) is 17.6 Å². The topological polar surface area (TPSA) is 58.0 Å². The Balaban J connectivity index is 2.08. The fourth-order valence-electron chi connectivity index (χ4n) is 2.14. The molecule has 112 valence electrons. The maximum Gasteiger partial charge on any atom is 0.585 e. The van der Waals surface area contributed by atoms with Crippen LogP contribution < -0.4 is 0 Å². The van der Waals surface area contributed by atoms with Gasteiger partial charge in [0, 0.05) is 25.2 Å². The molecule has 1 aliphatic heterocycles. The molecule has 0 saturated heterocycles. The van der Waals surface area contributed by atoms with Crippen LogP contribution in [0.1, 0.15) is 36.8 Å². The van der Waals surface area contributed by atoms with Crippen LogP contribution in [0.3, 0.4) is 0 Å². The zero-order valence-corrected chi connectivity index (χ0v) is 11.5. The predicted octanol–water partition coefficient (Wildman–Crippen LogP) is 3.98. The van der Waals surface area contributed by atoms with E-state index in [2.05, 4.69) is 21.0 Å². The molecule has 0 bridgehead atoms. The number of H-pyrrole nitrogens is 1. The minimum absolute atomic E-state index is 0.0923. The molecule has 4 nitrogen and oxygen atoms in total. The summed E-state index contributed by atoms with van der Waals surface area (Å²) in [6.45, 7) is 3.62. The van der Waals surface area contributed by atoms with Crippen molar-refractivity contribution in [3.8, 4) is 6.07 Å². The summed E-state index contributed by atoms with van der Waals surface area (Å²) in [5.74, 6) is 0.254. The third-order valence-corrected chi connectivity index (χ3v) is 3.16. The van der Waals surface area contributed by atoms with Crippen molar-refractivity contribution in [3.05, 3.63) is 47.7 Å². The molecule has 2 rings (SSSR count). The van der Waals surface area contributed by atoms with E-state index in [0.29, 0.717) is 24.0 Å². The molecule has 1 aromatic heterocycles. The number of ether oxygens (including phenoxy) is 2. The van der Waals surface area contributed by atoms with Crippen LogP contribution in [0.5, 0.6) is 0 Å². The van der Waals surface area contributed by atoms with E-state index in [-0.39, 0.29) is 17.9 Å². The number of rotatable bonds is 7. The lowest BCUT2D eigenvalue weighted by Gasteiger charge is -2.08. The van der Waals surface area contributed by atoms with Gasteiger partial charge in [-0.15, -0.1) is 15.4 Å². The Morgan fingerprint density at radius 3 is 2.76 bits per heavy atom. The van der Waals surface area contributed by atoms with Crippen LogP contribution >= 0.6 is 0 Å². The molecule has 0 aliphatic carbocycles. The van der Waals surface area contributed by atoms with Gasteiger partial charge in [-0.25, -0.2) is 0 Å². The lowest BCUT2D eigenvalue weighted by atomic mass is 10.1. The Kier molecular flexibility index (Phi) is 4.63. The average Bonchev–Trinajstić information content (AvgIpc) is 2.99. The molecule has 0 fully saturated rings. The Bertz CT molecular complexity index is 585. The molecule has 1 aliphatic rings. The summed E-state index contributed by atoms with van der Waals surface area (Å²) in [6.07, 6.45) is 4.17. The van der Waals surface area contributed by atoms with Crippen LogP contribution in [0, 0.1) is 11.3 Å². The molecule has 6 heteroatoms. The van der Waals surface area contributed by atoms with E-state index in [4.69, 9.17) is 5.26 Å². The van der Waals surface area contributed by atoms with Crippen molar-refractivity contribution in [2.75, 3.05) is 0 Å². The Morgan fingerprint density at radius 2 is 2.05 bits per heavy atom. The van der Waals surface area contributed by atoms with Crippen molar-refractivity contribution in [1.29, 1.82) is 5.26 Å². The third kappa shape index (κ3) is 3.85. The second-order valence-corrected chi connectivity index (χ2v) is 4.73. The molecule has 0 aromatic carbocycles. The van der Waals surface area contributed by atoms with Gasteiger partial charge in [-0.05, 0) is 24.8 Å². The number of halogens is 2. The minimum Gasteiger partial charge on any atom is -0.400 e. The van der Waals surface area contributed by atoms with Crippen LogP contribution in [0.4, 0.5) is 8.78 Å². The summed E-state index contributed by atoms with van der Waals surface area (Å²) >= 11 is 0. The number of nitrogens with zero attached hydrogens (tertiary/aromatic N) is 1. The van der Waals surface area contributed by atoms with Crippen LogP contribution in [-0.2, 0) is 15.9 Å². The normalized spacial score (nSPS) is 16.2. The molecule has 21 heavy (non-hydrogen) atoms. The van der Waals surface area contributed by atoms with Gasteiger partial charge >= 0.3 is 6.29 Å². The Morgan fingerprint density at radius 1 is 1.29 bits per heavy atom. The predicted molar refractivity (Wildman–Crippen MR) is 72.0 cm³/mol. The van der Waals surface area contributed by atoms with Gasteiger partial charge in [0.25, 0.3) is 0 Å². The molecule has 0 spiro atoms. The molecule has 1 N–H and O–H groups in total. The summed E-state index contributed by atoms with van der Waals surface area (Å²) in [6, 6.07) is 2.00. The molecular formula is C15H16F2N2O2. The van der Waals surface area contributed by atoms with Gasteiger partial charge in [0.15, 0.2) is 0 Å². The molecule has 0 radical (unpaired) electrons. The first-order valence-electron chi connectivity index (χ1n) is 6.70. The quantitative estimate of drug-likeness (QED) is 0.611. The van der Waals surface area contributed by atoms with Gasteiger partial charge in [0.05, 0.1) is 5.56 Å². The van der Waals surface area contributed by atoms with Gasteiger partial charge < -0.3 is 14.5 Å². The van der Waals surface area contributed by atoms with Crippen LogP contribution in [0.15, 0.2) is 36.6 Å². The van der Waals surface area contributed by atoms with Gasteiger partial charge in [-0.3, -0.25) is 0 Å². The number of hydrogen-bond donors (Lipinski definition) is 1. The highest BCUT2D eigenvalue weighted by Gasteiger charge is 2.44. The Hall–Kier alpha value is -2.29. The van der Waals surface area contributed by atoms with Crippen LogP contribution in [-0.4, -0.2) is 11.3 Å². The second-order valence-electron chi connectivity index (χ2n) is 4.73. The number of aromatic amines is 1. The van der Waals surface area contributed by atoms with Crippen molar-refractivity contribution in [2.24, 2.45) is 0 Å². The molecule has 0 unspecified atom stereocenters. The molecule has 1 aromatic rings. The highest BCUT2D eigenvalue weighted by atomic mass is 19.3. The maximum absolute atomic E-state index is 13.3. The molecule has 0 atom stereocenters. The fraction of sp³-hybridized carbons (Fsp3) is 0.400. The van der Waals surface area contributed by atoms with E-state index < -0.39 is 6.29 Å². The lowest BCUT2D eigenvalue weighted by molar-refractivity contribution is -0.338. The first-order valence-corrected chi connectivity index (χ1v) is 6.70. The second kappa shape index (κ2) is 6.44. The molecule has 2 heterocycles. The van der Waals surface area contributed by atoms with Crippen LogP contribution in [0.2, 0.25) is 0 Å². The standard InChI is InChI=1S/C15H16F2N2O2/c1-2-3-4-5-6-13-14(21-15(16,17)20-13)7-11-9-19-10-12(11)8-18/h2,9-10,19H,1,3-7H2. The smallest absolute Gasteiger partial charge is 0.400 e. The van der Waals surface area contributed by atoms with Crippen molar-refractivity contribution in [1.82, 2.24) is 4.98 Å². The number of aromatic nitrogens is 1. The largest absolute Gasteiger partial charge is 0.585 e. The van der Waals surface area contributed by atoms with Crippen LogP contribution in [0.25, 0.3) is 0 Å².